The van der Waals surface area contributed by atoms with Gasteiger partial charge in [-0.15, -0.1) is 0 Å². The van der Waals surface area contributed by atoms with Gasteiger partial charge in [0.15, 0.2) is 0 Å². The predicted octanol–water partition coefficient (Wildman–Crippen LogP) is -6.13. The smallest absolute Gasteiger partial charge is 0.246 e. The van der Waals surface area contributed by atoms with Crippen molar-refractivity contribution in [1.82, 2.24) is 0 Å². The molecule has 0 aliphatic heterocycles. The molecule has 0 atom stereocenters. The molecule has 0 aromatic heterocycles. The van der Waals surface area contributed by atoms with Gasteiger partial charge < -0.3 is 0 Å². The average Bonchev–Trinajstić information content (AvgIpc) is 1.72. The monoisotopic (exact) mass is 114 g/mol. The summed E-state index contributed by atoms with van der Waals surface area (Å²) >= 11 is 0. The van der Waals surface area contributed by atoms with Crippen molar-refractivity contribution in [3.8, 4) is 0 Å². The largest absolute Gasteiger partial charge is 1.00 e. The molecule has 0 bridgehead atoms. The minimum absolute atomic E-state index is 0. The van der Waals surface area contributed by atoms with Crippen molar-refractivity contribution in [3.05, 3.63) is 34.7 Å². The van der Waals surface area contributed by atoms with Gasteiger partial charge in [0.1, 0.15) is 0 Å². The van der Waals surface area contributed by atoms with Crippen LogP contribution in [0.15, 0.2) is 12.1 Å². The molecule has 1 aliphatic carbocycles. The van der Waals surface area contributed by atoms with E-state index in [-0.39, 0.29) is 37.7 Å². The zero-order chi connectivity index (χ0) is 5.40. The molecule has 0 saturated carbocycles. The van der Waals surface area contributed by atoms with Gasteiger partial charge in [-0.25, -0.2) is 46.9 Å². The van der Waals surface area contributed by atoms with Crippen LogP contribution in [0.1, 0.15) is 0 Å². The molecular formula is C8H4Li2. The van der Waals surface area contributed by atoms with Crippen molar-refractivity contribution in [2.24, 2.45) is 0 Å². The number of fused-ring (bicyclic) bond motifs is 1. The van der Waals surface area contributed by atoms with Crippen LogP contribution in [-0.4, -0.2) is 0 Å². The summed E-state index contributed by atoms with van der Waals surface area (Å²) in [6.07, 6.45) is 4.07. The van der Waals surface area contributed by atoms with Crippen LogP contribution in [0.4, 0.5) is 0 Å². The van der Waals surface area contributed by atoms with Crippen LogP contribution in [0, 0.1) is 12.1 Å². The van der Waals surface area contributed by atoms with Crippen molar-refractivity contribution in [1.29, 1.82) is 0 Å². The van der Waals surface area contributed by atoms with Gasteiger partial charge >= 0.3 is 37.7 Å². The van der Waals surface area contributed by atoms with E-state index in [4.69, 9.17) is 0 Å². The van der Waals surface area contributed by atoms with Crippen molar-refractivity contribution in [3.63, 3.8) is 0 Å². The van der Waals surface area contributed by atoms with Crippen molar-refractivity contribution in [2.45, 2.75) is 0 Å². The molecule has 0 unspecified atom stereocenters. The molecule has 0 radical (unpaired) electrons. The molecule has 0 spiro atoms. The quantitative estimate of drug-likeness (QED) is 0.232. The Morgan fingerprint density at radius 1 is 0.800 bits per heavy atom. The van der Waals surface area contributed by atoms with E-state index in [0.717, 1.165) is 0 Å². The van der Waals surface area contributed by atoms with E-state index in [2.05, 4.69) is 12.1 Å². The first-order chi connectivity index (χ1) is 3.97. The summed E-state index contributed by atoms with van der Waals surface area (Å²) in [5.41, 5.74) is 0. The summed E-state index contributed by atoms with van der Waals surface area (Å²) in [5.74, 6) is 0. The topological polar surface area (TPSA) is 0 Å². The molecule has 1 aromatic carbocycles. The van der Waals surface area contributed by atoms with E-state index < -0.39 is 0 Å². The summed E-state index contributed by atoms with van der Waals surface area (Å²) in [7, 11) is 0. The van der Waals surface area contributed by atoms with Crippen LogP contribution < -0.4 is 48.2 Å². The maximum atomic E-state index is 3.07. The van der Waals surface area contributed by atoms with Crippen molar-refractivity contribution in [2.75, 3.05) is 0 Å². The van der Waals surface area contributed by atoms with Gasteiger partial charge in [-0.1, -0.05) is 0 Å². The minimum atomic E-state index is 0. The Balaban J connectivity index is 0.000000405. The summed E-state index contributed by atoms with van der Waals surface area (Å²) in [6.45, 7) is 0. The third-order valence-corrected chi connectivity index (χ3v) is 1.27. The second kappa shape index (κ2) is 4.12. The predicted molar refractivity (Wildman–Crippen MR) is 32.3 cm³/mol. The molecule has 0 fully saturated rings. The van der Waals surface area contributed by atoms with Gasteiger partial charge in [-0.2, -0.15) is 0 Å². The van der Waals surface area contributed by atoms with Gasteiger partial charge in [-0.05, 0) is 0 Å². The number of benzene rings is 1. The van der Waals surface area contributed by atoms with Gasteiger partial charge in [0.05, 0.1) is 0 Å². The summed E-state index contributed by atoms with van der Waals surface area (Å²) < 4.78 is 0. The molecule has 1 aliphatic rings. The second-order valence-electron chi connectivity index (χ2n) is 1.78. The van der Waals surface area contributed by atoms with Crippen LogP contribution in [0.25, 0.3) is 12.2 Å². The van der Waals surface area contributed by atoms with Crippen LogP contribution in [0.3, 0.4) is 0 Å². The molecule has 2 heteroatoms. The first kappa shape index (κ1) is 10.2. The Morgan fingerprint density at radius 3 is 1.40 bits per heavy atom. The van der Waals surface area contributed by atoms with E-state index >= 15 is 0 Å². The zero-order valence-electron chi connectivity index (χ0n) is 6.31. The third-order valence-electron chi connectivity index (χ3n) is 1.27. The first-order valence-electron chi connectivity index (χ1n) is 2.57. The van der Waals surface area contributed by atoms with Gasteiger partial charge in [-0.3, -0.25) is 0 Å². The standard InChI is InChI=1S/C8H4.2Li/c1-2-4-8-6-5-7(8)3-1;;/h1-2,5-6H;;/q-2;2*+1. The van der Waals surface area contributed by atoms with E-state index in [9.17, 15) is 0 Å². The summed E-state index contributed by atoms with van der Waals surface area (Å²) in [4.78, 5) is 0. The maximum Gasteiger partial charge on any atom is 1.00 e. The second-order valence-corrected chi connectivity index (χ2v) is 1.78. The van der Waals surface area contributed by atoms with Crippen LogP contribution in [0.5, 0.6) is 0 Å². The van der Waals surface area contributed by atoms with Gasteiger partial charge in [0, 0.05) is 0 Å². The fraction of sp³-hybridized carbons (Fsp3) is 0. The summed E-state index contributed by atoms with van der Waals surface area (Å²) in [6, 6.07) is 9.89. The molecule has 1 aromatic rings. The van der Waals surface area contributed by atoms with Crippen LogP contribution in [-0.2, 0) is 0 Å². The van der Waals surface area contributed by atoms with E-state index in [1.165, 1.54) is 10.4 Å². The molecular weight excluding hydrogens is 110 g/mol. The molecule has 2 rings (SSSR count). The molecule has 0 N–H and O–H groups in total. The molecule has 0 nitrogen and oxygen atoms in total. The molecule has 10 heavy (non-hydrogen) atoms. The van der Waals surface area contributed by atoms with E-state index in [0.29, 0.717) is 0 Å². The maximum absolute atomic E-state index is 3.07. The first-order valence-corrected chi connectivity index (χ1v) is 2.57. The minimum Gasteiger partial charge on any atom is -0.246 e. The number of rotatable bonds is 0. The molecule has 38 valence electrons. The molecule has 0 saturated heterocycles. The number of hydrogen-bond acceptors (Lipinski definition) is 0. The zero-order valence-corrected chi connectivity index (χ0v) is 6.31. The summed E-state index contributed by atoms with van der Waals surface area (Å²) in [5, 5.41) is 2.38. The third kappa shape index (κ3) is 1.60. The fourth-order valence-corrected chi connectivity index (χ4v) is 0.765. The van der Waals surface area contributed by atoms with Crippen LogP contribution >= 0.6 is 0 Å². The number of hydrogen-bond donors (Lipinski definition) is 0. The Bertz CT molecular complexity index is 281. The molecule has 0 heterocycles. The van der Waals surface area contributed by atoms with Crippen LogP contribution in [0.2, 0.25) is 0 Å². The molecule has 0 amide bonds. The van der Waals surface area contributed by atoms with Crippen molar-refractivity contribution >= 4 is 12.2 Å². The van der Waals surface area contributed by atoms with Gasteiger partial charge in [0.2, 0.25) is 0 Å². The average molecular weight is 114 g/mol. The SMILES string of the molecule is [Li+].[Li+].[c-]1cc[c-]c2c1=CC=2. The Hall–Kier alpha value is 0.155. The normalized spacial score (nSPS) is 10.0. The Morgan fingerprint density at radius 2 is 1.20 bits per heavy atom. The fourth-order valence-electron chi connectivity index (χ4n) is 0.765. The van der Waals surface area contributed by atoms with Crippen molar-refractivity contribution < 1.29 is 37.7 Å². The van der Waals surface area contributed by atoms with Gasteiger partial charge in [0.25, 0.3) is 0 Å². The Kier molecular flexibility index (Phi) is 4.18. The van der Waals surface area contributed by atoms with E-state index in [1.807, 2.05) is 24.3 Å². The van der Waals surface area contributed by atoms with E-state index in [1.54, 1.807) is 0 Å². The Labute approximate surface area is 84.4 Å².